The van der Waals surface area contributed by atoms with Gasteiger partial charge in [0.15, 0.2) is 0 Å². The molecule has 0 bridgehead atoms. The number of carbonyl (C=O) groups excluding carboxylic acids is 2. The summed E-state index contributed by atoms with van der Waals surface area (Å²) >= 11 is 1.52. The third-order valence-corrected chi connectivity index (χ3v) is 7.06. The number of β-amino-alcohol motifs (C(OH)–C–C–N with tert-alkyl or cyclic N) is 1. The molecule has 2 aromatic heterocycles. The lowest BCUT2D eigenvalue weighted by Crippen LogP contribution is -2.56. The smallest absolute Gasteiger partial charge is 0.243 e. The zero-order valence-electron chi connectivity index (χ0n) is 20.6. The van der Waals surface area contributed by atoms with Crippen molar-refractivity contribution in [2.75, 3.05) is 27.2 Å². The minimum Gasteiger partial charge on any atom is -0.394 e. The van der Waals surface area contributed by atoms with E-state index in [9.17, 15) is 19.8 Å². The maximum atomic E-state index is 13.4. The van der Waals surface area contributed by atoms with E-state index in [0.29, 0.717) is 5.69 Å². The van der Waals surface area contributed by atoms with Gasteiger partial charge in [0, 0.05) is 24.7 Å². The van der Waals surface area contributed by atoms with Crippen LogP contribution >= 0.6 is 11.3 Å². The van der Waals surface area contributed by atoms with Gasteiger partial charge in [-0.15, -0.1) is 11.3 Å². The predicted molar refractivity (Wildman–Crippen MR) is 131 cm³/mol. The normalized spacial score (nSPS) is 20.4. The maximum Gasteiger partial charge on any atom is 0.243 e. The van der Waals surface area contributed by atoms with Crippen LogP contribution in [0.1, 0.15) is 44.6 Å². The summed E-state index contributed by atoms with van der Waals surface area (Å²) in [6.07, 6.45) is 1.07. The van der Waals surface area contributed by atoms with Crippen molar-refractivity contribution in [2.24, 2.45) is 5.41 Å². The molecule has 3 heterocycles. The van der Waals surface area contributed by atoms with Crippen LogP contribution in [0.3, 0.4) is 0 Å². The van der Waals surface area contributed by atoms with Crippen LogP contribution in [0.2, 0.25) is 0 Å². The van der Waals surface area contributed by atoms with E-state index >= 15 is 0 Å². The molecule has 0 aliphatic carbocycles. The van der Waals surface area contributed by atoms with E-state index < -0.39 is 30.1 Å². The molecule has 1 fully saturated rings. The van der Waals surface area contributed by atoms with Gasteiger partial charge < -0.3 is 20.4 Å². The van der Waals surface area contributed by atoms with Crippen molar-refractivity contribution in [1.29, 1.82) is 0 Å². The molecule has 34 heavy (non-hydrogen) atoms. The zero-order chi connectivity index (χ0) is 25.2. The Kier molecular flexibility index (Phi) is 8.07. The van der Waals surface area contributed by atoms with Gasteiger partial charge >= 0.3 is 0 Å². The number of nitrogens with zero attached hydrogens (tertiary/aromatic N) is 4. The molecule has 3 N–H and O–H groups in total. The Bertz CT molecular complexity index is 1000. The number of pyridine rings is 1. The number of rotatable bonds is 7. The number of likely N-dealkylation sites (N-methyl/N-ethyl adjacent to an activating group) is 1. The molecule has 0 unspecified atom stereocenters. The van der Waals surface area contributed by atoms with E-state index in [2.05, 4.69) is 15.3 Å². The Balaban J connectivity index is 1.76. The van der Waals surface area contributed by atoms with Crippen LogP contribution in [0.5, 0.6) is 0 Å². The van der Waals surface area contributed by atoms with E-state index in [1.54, 1.807) is 17.8 Å². The second-order valence-corrected chi connectivity index (χ2v) is 11.0. The summed E-state index contributed by atoms with van der Waals surface area (Å²) in [4.78, 5) is 39.7. The fourth-order valence-electron chi connectivity index (χ4n) is 4.63. The summed E-state index contributed by atoms with van der Waals surface area (Å²) in [5.74, 6) is -0.614. The molecule has 10 heteroatoms. The van der Waals surface area contributed by atoms with Gasteiger partial charge in [-0.25, -0.2) is 4.98 Å². The lowest BCUT2D eigenvalue weighted by atomic mass is 9.85. The van der Waals surface area contributed by atoms with Gasteiger partial charge in [0.2, 0.25) is 11.8 Å². The molecule has 0 spiro atoms. The minimum absolute atomic E-state index is 0.0995. The molecule has 1 aliphatic heterocycles. The predicted octanol–water partition coefficient (Wildman–Crippen LogP) is 1.60. The van der Waals surface area contributed by atoms with Crippen LogP contribution in [-0.2, 0) is 9.59 Å². The fraction of sp³-hybridized carbons (Fsp3) is 0.583. The number of nitrogens with one attached hydrogen (secondary N) is 1. The molecular weight excluding hydrogens is 454 g/mol. The first-order chi connectivity index (χ1) is 15.9. The highest BCUT2D eigenvalue weighted by Gasteiger charge is 2.45. The van der Waals surface area contributed by atoms with Crippen LogP contribution in [-0.4, -0.2) is 87.2 Å². The third-order valence-electron chi connectivity index (χ3n) is 6.09. The number of aliphatic hydroxyl groups is 2. The lowest BCUT2D eigenvalue weighted by molar-refractivity contribution is -0.145. The molecule has 2 aromatic rings. The molecule has 186 valence electrons. The number of likely N-dealkylation sites (tertiary alicyclic amines) is 1. The monoisotopic (exact) mass is 489 g/mol. The number of amides is 2. The molecule has 0 aromatic carbocycles. The van der Waals surface area contributed by atoms with Gasteiger partial charge in [-0.2, -0.15) is 0 Å². The van der Waals surface area contributed by atoms with Crippen molar-refractivity contribution >= 4 is 23.2 Å². The van der Waals surface area contributed by atoms with Gasteiger partial charge in [-0.1, -0.05) is 26.8 Å². The summed E-state index contributed by atoms with van der Waals surface area (Å²) in [6, 6.07) is 1.65. The second-order valence-electron chi connectivity index (χ2n) is 10.1. The van der Waals surface area contributed by atoms with E-state index in [4.69, 9.17) is 0 Å². The molecule has 0 saturated carbocycles. The van der Waals surface area contributed by atoms with Crippen LogP contribution in [0.4, 0.5) is 0 Å². The highest BCUT2D eigenvalue weighted by molar-refractivity contribution is 7.13. The van der Waals surface area contributed by atoms with Crippen molar-refractivity contribution in [3.05, 3.63) is 35.2 Å². The van der Waals surface area contributed by atoms with Gasteiger partial charge in [0.1, 0.15) is 6.04 Å². The number of aryl methyl sites for hydroxylation is 1. The summed E-state index contributed by atoms with van der Waals surface area (Å²) in [7, 11) is 3.67. The van der Waals surface area contributed by atoms with Crippen molar-refractivity contribution in [3.63, 3.8) is 0 Å². The summed E-state index contributed by atoms with van der Waals surface area (Å²) in [5, 5.41) is 23.1. The number of hydrogen-bond acceptors (Lipinski definition) is 8. The summed E-state index contributed by atoms with van der Waals surface area (Å²) < 4.78 is 0. The molecule has 9 nitrogen and oxygen atoms in total. The number of hydrogen-bond donors (Lipinski definition) is 3. The molecule has 0 radical (unpaired) electrons. The Labute approximate surface area is 204 Å². The minimum atomic E-state index is -0.819. The number of aromatic nitrogens is 2. The lowest BCUT2D eigenvalue weighted by Gasteiger charge is -2.38. The second kappa shape index (κ2) is 10.5. The standard InChI is InChI=1S/C24H35N5O4S/c1-14-20(34-13-26-14)15-7-8-17(25-10-15)18(12-30)27-22(32)19-9-16(31)11-29(19)23(33)21(28(5)6)24(2,3)4/h7-8,10,13,16,18-19,21,30-31H,9,11-12H2,1-6H3,(H,27,32)/t16-,18+,19+,21-/m1/s1. The number of aliphatic hydroxyl groups excluding tert-OH is 2. The first-order valence-corrected chi connectivity index (χ1v) is 12.2. The molecule has 2 amide bonds. The highest BCUT2D eigenvalue weighted by atomic mass is 32.1. The van der Waals surface area contributed by atoms with Crippen LogP contribution in [0.25, 0.3) is 10.4 Å². The van der Waals surface area contributed by atoms with E-state index in [-0.39, 0.29) is 30.9 Å². The van der Waals surface area contributed by atoms with Crippen LogP contribution in [0, 0.1) is 12.3 Å². The van der Waals surface area contributed by atoms with Gasteiger partial charge in [0.25, 0.3) is 0 Å². The van der Waals surface area contributed by atoms with Crippen molar-refractivity contribution < 1.29 is 19.8 Å². The summed E-state index contributed by atoms with van der Waals surface area (Å²) in [6.45, 7) is 7.61. The molecule has 1 aliphatic rings. The first-order valence-electron chi connectivity index (χ1n) is 11.4. The molecule has 1 saturated heterocycles. The van der Waals surface area contributed by atoms with Crippen molar-refractivity contribution in [1.82, 2.24) is 25.1 Å². The average Bonchev–Trinajstić information content (AvgIpc) is 3.36. The quantitative estimate of drug-likeness (QED) is 0.541. The van der Waals surface area contributed by atoms with Crippen molar-refractivity contribution in [2.45, 2.75) is 58.3 Å². The van der Waals surface area contributed by atoms with E-state index in [1.807, 2.05) is 52.8 Å². The Morgan fingerprint density at radius 1 is 1.29 bits per heavy atom. The SMILES string of the molecule is Cc1ncsc1-c1ccc([C@H](CO)NC(=O)[C@@H]2C[C@@H](O)CN2C(=O)[C@@H](N(C)C)C(C)(C)C)nc1. The summed E-state index contributed by atoms with van der Waals surface area (Å²) in [5.41, 5.74) is 3.77. The maximum absolute atomic E-state index is 13.4. The Morgan fingerprint density at radius 3 is 2.50 bits per heavy atom. The van der Waals surface area contributed by atoms with Gasteiger partial charge in [-0.05, 0) is 32.5 Å². The van der Waals surface area contributed by atoms with Crippen LogP contribution < -0.4 is 5.32 Å². The molecular formula is C24H35N5O4S. The van der Waals surface area contributed by atoms with Crippen molar-refractivity contribution in [3.8, 4) is 10.4 Å². The number of thiazole rings is 1. The largest absolute Gasteiger partial charge is 0.394 e. The average molecular weight is 490 g/mol. The van der Waals surface area contributed by atoms with Gasteiger partial charge in [-0.3, -0.25) is 19.5 Å². The van der Waals surface area contributed by atoms with E-state index in [1.165, 1.54) is 16.2 Å². The zero-order valence-corrected chi connectivity index (χ0v) is 21.5. The fourth-order valence-corrected chi connectivity index (χ4v) is 5.43. The molecule has 4 atom stereocenters. The highest BCUT2D eigenvalue weighted by Crippen LogP contribution is 2.29. The first kappa shape index (κ1) is 26.2. The number of carbonyl (C=O) groups is 2. The van der Waals surface area contributed by atoms with E-state index in [0.717, 1.165) is 16.1 Å². The molecule has 3 rings (SSSR count). The Morgan fingerprint density at radius 2 is 2.00 bits per heavy atom. The van der Waals surface area contributed by atoms with Crippen LogP contribution in [0.15, 0.2) is 23.8 Å². The van der Waals surface area contributed by atoms with Gasteiger partial charge in [0.05, 0.1) is 46.6 Å². The topological polar surface area (TPSA) is 119 Å². The third kappa shape index (κ3) is 5.63. The Hall–Kier alpha value is -2.40.